The molecule has 0 aliphatic carbocycles. The van der Waals surface area contributed by atoms with E-state index in [-0.39, 0.29) is 16.9 Å². The molecule has 14 aromatic rings. The Morgan fingerprint density at radius 3 is 0.944 bits per heavy atom. The van der Waals surface area contributed by atoms with Crippen LogP contribution in [-0.4, -0.2) is 67.2 Å². The highest BCUT2D eigenvalue weighted by Crippen LogP contribution is 2.38. The summed E-state index contributed by atoms with van der Waals surface area (Å²) in [4.78, 5) is 31.0. The van der Waals surface area contributed by atoms with E-state index in [9.17, 15) is 0 Å². The predicted octanol–water partition coefficient (Wildman–Crippen LogP) is 19.3. The monoisotopic (exact) mass is 1430 g/mol. The summed E-state index contributed by atoms with van der Waals surface area (Å²) in [6.45, 7) is 7.98. The summed E-state index contributed by atoms with van der Waals surface area (Å²) in [5.74, 6) is 2.02. The minimum absolute atomic E-state index is 0.202. The number of nitrogens with zero attached hydrogens (tertiary/aromatic N) is 8. The summed E-state index contributed by atoms with van der Waals surface area (Å²) in [6.07, 6.45) is 0. The molecule has 1 aliphatic heterocycles. The van der Waals surface area contributed by atoms with Gasteiger partial charge < -0.3 is 18.4 Å². The van der Waals surface area contributed by atoms with Crippen molar-refractivity contribution in [2.24, 2.45) is 0 Å². The molecule has 1 fully saturated rings. The van der Waals surface area contributed by atoms with Crippen molar-refractivity contribution in [3.63, 3.8) is 0 Å². The molecule has 90 heavy (non-hydrogen) atoms. The molecule has 10 nitrogen and oxygen atoms in total. The van der Waals surface area contributed by atoms with Crippen molar-refractivity contribution in [2.45, 2.75) is 38.9 Å². The first-order valence-electron chi connectivity index (χ1n) is 28.9. The van der Waals surface area contributed by atoms with Crippen LogP contribution < -0.4 is 5.46 Å². The third-order valence-electron chi connectivity index (χ3n) is 15.7. The van der Waals surface area contributed by atoms with E-state index in [1.165, 1.54) is 12.1 Å². The lowest BCUT2D eigenvalue weighted by atomic mass is 9.79. The van der Waals surface area contributed by atoms with Gasteiger partial charge in [0.15, 0.2) is 29.1 Å². The lowest BCUT2D eigenvalue weighted by Gasteiger charge is -2.32. The number of halogens is 5. The highest BCUT2D eigenvalue weighted by Gasteiger charge is 2.52. The van der Waals surface area contributed by atoms with Crippen LogP contribution in [0.3, 0.4) is 0 Å². The Bertz CT molecular complexity index is 4560. The van der Waals surface area contributed by atoms with Gasteiger partial charge in [0, 0.05) is 49.4 Å². The molecular weight excluding hydrogens is 1370 g/mol. The fourth-order valence-corrected chi connectivity index (χ4v) is 10.9. The first-order chi connectivity index (χ1) is 43.9. The second-order valence-electron chi connectivity index (χ2n) is 21.7. The molecule has 1 aliphatic rings. The van der Waals surface area contributed by atoms with Crippen molar-refractivity contribution in [2.75, 3.05) is 9.86 Å². The quantitative estimate of drug-likeness (QED) is 0.0841. The van der Waals surface area contributed by atoms with Crippen LogP contribution in [0.2, 0.25) is 5.28 Å². The lowest BCUT2D eigenvalue weighted by molar-refractivity contribution is 0.00578. The molecule has 10 aromatic carbocycles. The number of hydrogen-bond donors (Lipinski definition) is 0. The molecule has 0 amide bonds. The molecule has 0 spiro atoms. The summed E-state index contributed by atoms with van der Waals surface area (Å²) in [5, 5.41) is 4.59. The standard InChI is InChI=1S/C33H21FN4.C24H23BFNO2.C15H10ClN3.2CH3I/c34-27-21-24(19-20-30(27)38-28-17-9-7-15-25(28)26-16-8-10-18-29(26)38)33-36-31(22-11-3-1-4-12-22)35-32(37-33)23-13-5-2-6-14-23;1-23(2)24(3,4)29-25(28-23)16-13-14-22(19(26)15-16)27-20-11-7-5-9-17(20)18-10-6-8-12-21(18)27;16-15-18-13(11-7-3-1-4-8-11)17-14(19-15)12-9-5-2-6-10-12;2*1-2/h1-21H;5-15H,1-4H3;1-10H;2*1H3. The molecule has 5 heterocycles. The van der Waals surface area contributed by atoms with Gasteiger partial charge in [-0.3, -0.25) is 0 Å². The Balaban J connectivity index is 0.000000142. The van der Waals surface area contributed by atoms with Gasteiger partial charge in [0.1, 0.15) is 11.6 Å². The number of alkyl halides is 2. The second kappa shape index (κ2) is 28.1. The van der Waals surface area contributed by atoms with Crippen molar-refractivity contribution in [1.82, 2.24) is 39.0 Å². The third kappa shape index (κ3) is 13.2. The van der Waals surface area contributed by atoms with E-state index in [1.807, 2.05) is 259 Å². The first-order valence-corrected chi connectivity index (χ1v) is 33.6. The Labute approximate surface area is 554 Å². The minimum atomic E-state index is -0.582. The predicted molar refractivity (Wildman–Crippen MR) is 382 cm³/mol. The van der Waals surface area contributed by atoms with E-state index in [0.29, 0.717) is 51.5 Å². The fourth-order valence-electron chi connectivity index (χ4n) is 10.7. The average molecular weight is 1430 g/mol. The van der Waals surface area contributed by atoms with Gasteiger partial charge in [0.2, 0.25) is 5.28 Å². The molecule has 446 valence electrons. The maximum atomic E-state index is 15.9. The summed E-state index contributed by atoms with van der Waals surface area (Å²) in [6, 6.07) is 81.7. The molecule has 0 unspecified atom stereocenters. The SMILES string of the molecule is CC1(C)OB(c2ccc(-n3c4ccccc4c4ccccc43)c(F)c2)OC1(C)C.CI.CI.Clc1nc(-c2ccccc2)nc(-c2ccccc2)n1.Fc1cc(-c2nc(-c3ccccc3)nc(-c3ccccc3)n2)ccc1-n1c2ccccc2c2ccccc21. The molecule has 0 radical (unpaired) electrons. The van der Waals surface area contributed by atoms with Gasteiger partial charge in [0.25, 0.3) is 0 Å². The maximum absolute atomic E-state index is 15.9. The zero-order valence-electron chi connectivity index (χ0n) is 50.1. The van der Waals surface area contributed by atoms with E-state index in [2.05, 4.69) is 84.4 Å². The van der Waals surface area contributed by atoms with Gasteiger partial charge in [-0.25, -0.2) is 28.7 Å². The van der Waals surface area contributed by atoms with Crippen LogP contribution in [0.15, 0.2) is 255 Å². The largest absolute Gasteiger partial charge is 0.494 e. The Kier molecular flexibility index (Phi) is 19.6. The van der Waals surface area contributed by atoms with Crippen LogP contribution in [-0.2, 0) is 9.31 Å². The topological polar surface area (TPSA) is 106 Å². The number of fused-ring (bicyclic) bond motifs is 6. The molecule has 15 rings (SSSR count). The number of para-hydroxylation sites is 4. The molecule has 16 heteroatoms. The molecule has 1 saturated heterocycles. The number of rotatable bonds is 8. The van der Waals surface area contributed by atoms with Crippen molar-refractivity contribution >= 4 is 113 Å². The molecule has 0 saturated carbocycles. The number of aromatic nitrogens is 8. The highest BCUT2D eigenvalue weighted by atomic mass is 127. The van der Waals surface area contributed by atoms with E-state index < -0.39 is 18.3 Å². The zero-order valence-corrected chi connectivity index (χ0v) is 55.2. The van der Waals surface area contributed by atoms with Crippen LogP contribution in [0.4, 0.5) is 8.78 Å². The number of hydrogen-bond acceptors (Lipinski definition) is 8. The van der Waals surface area contributed by atoms with Crippen molar-refractivity contribution in [1.29, 1.82) is 0 Å². The normalized spacial score (nSPS) is 12.9. The number of benzene rings is 10. The molecule has 4 aromatic heterocycles. The van der Waals surface area contributed by atoms with Gasteiger partial charge in [-0.15, -0.1) is 0 Å². The van der Waals surface area contributed by atoms with Crippen molar-refractivity contribution in [3.8, 4) is 68.3 Å². The smallest absolute Gasteiger partial charge is 0.399 e. The summed E-state index contributed by atoms with van der Waals surface area (Å²) < 4.78 is 47.4. The lowest BCUT2D eigenvalue weighted by Crippen LogP contribution is -2.41. The van der Waals surface area contributed by atoms with Crippen LogP contribution in [0.25, 0.3) is 112 Å². The van der Waals surface area contributed by atoms with Crippen molar-refractivity contribution in [3.05, 3.63) is 272 Å². The van der Waals surface area contributed by atoms with E-state index in [0.717, 1.165) is 65.9 Å². The van der Waals surface area contributed by atoms with Crippen LogP contribution in [0.5, 0.6) is 0 Å². The van der Waals surface area contributed by atoms with Gasteiger partial charge >= 0.3 is 7.12 Å². The molecular formula is C74H60BClF2I2N8O2. The Morgan fingerprint density at radius 2 is 0.622 bits per heavy atom. The van der Waals surface area contributed by atoms with Gasteiger partial charge in [-0.2, -0.15) is 9.97 Å². The van der Waals surface area contributed by atoms with E-state index in [1.54, 1.807) is 6.07 Å². The first kappa shape index (κ1) is 63.0. The third-order valence-corrected chi connectivity index (χ3v) is 15.9. The zero-order chi connectivity index (χ0) is 62.9. The Hall–Kier alpha value is -8.59. The van der Waals surface area contributed by atoms with Crippen LogP contribution >= 0.6 is 56.8 Å². The molecule has 0 N–H and O–H groups in total. The van der Waals surface area contributed by atoms with E-state index >= 15 is 8.78 Å². The van der Waals surface area contributed by atoms with E-state index in [4.69, 9.17) is 35.9 Å². The van der Waals surface area contributed by atoms with Gasteiger partial charge in [-0.1, -0.05) is 245 Å². The molecule has 0 bridgehead atoms. The second-order valence-corrected chi connectivity index (χ2v) is 22.1. The van der Waals surface area contributed by atoms with Crippen LogP contribution in [0, 0.1) is 11.6 Å². The molecule has 0 atom stereocenters. The maximum Gasteiger partial charge on any atom is 0.494 e. The van der Waals surface area contributed by atoms with Crippen LogP contribution in [0.1, 0.15) is 27.7 Å². The minimum Gasteiger partial charge on any atom is -0.399 e. The highest BCUT2D eigenvalue weighted by molar-refractivity contribution is 14.1. The van der Waals surface area contributed by atoms with Gasteiger partial charge in [0.05, 0.1) is 44.6 Å². The summed E-state index contributed by atoms with van der Waals surface area (Å²) in [5.41, 5.74) is 8.81. The summed E-state index contributed by atoms with van der Waals surface area (Å²) >= 11 is 10.3. The summed E-state index contributed by atoms with van der Waals surface area (Å²) in [7, 11) is -0.582. The average Bonchev–Trinajstić information content (AvgIpc) is 1.60. The van der Waals surface area contributed by atoms with Crippen molar-refractivity contribution < 1.29 is 18.1 Å². The Morgan fingerprint density at radius 1 is 0.344 bits per heavy atom. The van der Waals surface area contributed by atoms with Gasteiger partial charge in [-0.05, 0) is 109 Å². The fraction of sp³-hybridized carbons (Fsp3) is 0.108.